The number of methoxy groups -OCH3 is 1. The zero-order chi connectivity index (χ0) is 12.1. The molecule has 0 amide bonds. The van der Waals surface area contributed by atoms with Gasteiger partial charge in [0.2, 0.25) is 0 Å². The summed E-state index contributed by atoms with van der Waals surface area (Å²) in [6.45, 7) is 2.17. The van der Waals surface area contributed by atoms with Gasteiger partial charge in [0.25, 0.3) is 0 Å². The minimum atomic E-state index is -0.581. The molecule has 1 aromatic rings. The zero-order valence-corrected chi connectivity index (χ0v) is 8.97. The molecule has 1 aromatic heterocycles. The first-order valence-corrected chi connectivity index (χ1v) is 4.59. The molecule has 1 heterocycles. The van der Waals surface area contributed by atoms with Gasteiger partial charge < -0.3 is 19.8 Å². The molecule has 0 fully saturated rings. The molecule has 1 N–H and O–H groups in total. The summed E-state index contributed by atoms with van der Waals surface area (Å²) in [5.41, 5.74) is 0.276. The summed E-state index contributed by atoms with van der Waals surface area (Å²) < 4.78 is 4.50. The molecule has 0 aliphatic carbocycles. The quantitative estimate of drug-likeness (QED) is 0.442. The molecule has 0 aromatic carbocycles. The number of anilines is 1. The van der Waals surface area contributed by atoms with Crippen LogP contribution in [0.1, 0.15) is 6.92 Å². The van der Waals surface area contributed by atoms with E-state index in [4.69, 9.17) is 0 Å². The lowest BCUT2D eigenvalue weighted by Crippen LogP contribution is -2.30. The SMILES string of the molecule is CCN(CC(=O)OC)c1cn[nH]c1[N+](=O)[O-]. The number of carbonyl (C=O) groups excluding carboxylic acids is 1. The predicted octanol–water partition coefficient (Wildman–Crippen LogP) is 0.317. The molecule has 88 valence electrons. The van der Waals surface area contributed by atoms with Crippen LogP contribution in [-0.4, -0.2) is 41.3 Å². The summed E-state index contributed by atoms with van der Waals surface area (Å²) in [6, 6.07) is 0. The summed E-state index contributed by atoms with van der Waals surface area (Å²) in [5, 5.41) is 16.5. The van der Waals surface area contributed by atoms with Crippen LogP contribution in [0.5, 0.6) is 0 Å². The number of nitro groups is 1. The standard InChI is InChI=1S/C8H12N4O4/c1-3-11(5-7(13)16-2)6-4-9-10-8(6)12(14)15/h4H,3,5H2,1-2H3,(H,9,10). The minimum Gasteiger partial charge on any atom is -0.468 e. The maximum absolute atomic E-state index is 11.1. The molecule has 0 saturated carbocycles. The van der Waals surface area contributed by atoms with E-state index in [1.807, 2.05) is 0 Å². The van der Waals surface area contributed by atoms with Crippen molar-refractivity contribution < 1.29 is 14.5 Å². The summed E-state index contributed by atoms with van der Waals surface area (Å²) in [6.07, 6.45) is 1.31. The first-order valence-electron chi connectivity index (χ1n) is 4.59. The monoisotopic (exact) mass is 228 g/mol. The number of H-pyrrole nitrogens is 1. The van der Waals surface area contributed by atoms with Crippen LogP contribution in [0.3, 0.4) is 0 Å². The highest BCUT2D eigenvalue weighted by molar-refractivity contribution is 5.76. The van der Waals surface area contributed by atoms with Crippen LogP contribution in [0.2, 0.25) is 0 Å². The summed E-state index contributed by atoms with van der Waals surface area (Å²) in [5.74, 6) is -0.692. The van der Waals surface area contributed by atoms with E-state index in [1.54, 1.807) is 6.92 Å². The Kier molecular flexibility index (Phi) is 3.81. The van der Waals surface area contributed by atoms with Gasteiger partial charge in [0.05, 0.1) is 7.11 Å². The third-order valence-electron chi connectivity index (χ3n) is 2.05. The van der Waals surface area contributed by atoms with E-state index in [1.165, 1.54) is 18.2 Å². The molecular weight excluding hydrogens is 216 g/mol. The Morgan fingerprint density at radius 3 is 2.94 bits per heavy atom. The average molecular weight is 228 g/mol. The number of hydrogen-bond donors (Lipinski definition) is 1. The van der Waals surface area contributed by atoms with Crippen LogP contribution in [-0.2, 0) is 9.53 Å². The van der Waals surface area contributed by atoms with Gasteiger partial charge in [-0.15, -0.1) is 5.10 Å². The lowest BCUT2D eigenvalue weighted by atomic mass is 10.4. The van der Waals surface area contributed by atoms with E-state index in [9.17, 15) is 14.9 Å². The number of ether oxygens (including phenoxy) is 1. The molecule has 16 heavy (non-hydrogen) atoms. The molecular formula is C8H12N4O4. The van der Waals surface area contributed by atoms with Gasteiger partial charge in [-0.05, 0) is 11.8 Å². The lowest BCUT2D eigenvalue weighted by Gasteiger charge is -2.18. The fraction of sp³-hybridized carbons (Fsp3) is 0.500. The molecule has 0 bridgehead atoms. The van der Waals surface area contributed by atoms with E-state index in [0.29, 0.717) is 6.54 Å². The van der Waals surface area contributed by atoms with Gasteiger partial charge in [0, 0.05) is 6.54 Å². The Hall–Kier alpha value is -2.12. The van der Waals surface area contributed by atoms with Crippen molar-refractivity contribution in [2.75, 3.05) is 25.1 Å². The highest BCUT2D eigenvalue weighted by atomic mass is 16.6. The number of rotatable bonds is 5. The average Bonchev–Trinajstić information content (AvgIpc) is 2.74. The molecule has 8 heteroatoms. The number of hydrogen-bond acceptors (Lipinski definition) is 6. The highest BCUT2D eigenvalue weighted by Crippen LogP contribution is 2.24. The first kappa shape index (κ1) is 12.0. The van der Waals surface area contributed by atoms with Crippen LogP contribution >= 0.6 is 0 Å². The second-order valence-electron chi connectivity index (χ2n) is 2.95. The highest BCUT2D eigenvalue weighted by Gasteiger charge is 2.21. The Labute approximate surface area is 91.3 Å². The van der Waals surface area contributed by atoms with Crippen molar-refractivity contribution in [3.05, 3.63) is 16.3 Å². The molecule has 8 nitrogen and oxygen atoms in total. The number of aromatic amines is 1. The third kappa shape index (κ3) is 2.47. The summed E-state index contributed by atoms with van der Waals surface area (Å²) in [7, 11) is 1.26. The van der Waals surface area contributed by atoms with E-state index in [-0.39, 0.29) is 18.1 Å². The topological polar surface area (TPSA) is 101 Å². The van der Waals surface area contributed by atoms with Gasteiger partial charge in [-0.2, -0.15) is 0 Å². The van der Waals surface area contributed by atoms with Crippen molar-refractivity contribution in [3.8, 4) is 0 Å². The smallest absolute Gasteiger partial charge is 0.366 e. The van der Waals surface area contributed by atoms with Crippen molar-refractivity contribution in [2.45, 2.75) is 6.92 Å². The number of likely N-dealkylation sites (N-methyl/N-ethyl adjacent to an activating group) is 1. The molecule has 1 rings (SSSR count). The van der Waals surface area contributed by atoms with Gasteiger partial charge >= 0.3 is 11.8 Å². The summed E-state index contributed by atoms with van der Waals surface area (Å²) >= 11 is 0. The van der Waals surface area contributed by atoms with Gasteiger partial charge in [0.15, 0.2) is 5.69 Å². The number of esters is 1. The number of nitrogens with zero attached hydrogens (tertiary/aromatic N) is 3. The van der Waals surface area contributed by atoms with Crippen LogP contribution in [0.25, 0.3) is 0 Å². The molecule has 0 aliphatic rings. The van der Waals surface area contributed by atoms with E-state index in [2.05, 4.69) is 14.9 Å². The van der Waals surface area contributed by atoms with Gasteiger partial charge in [0.1, 0.15) is 12.7 Å². The van der Waals surface area contributed by atoms with Crippen LogP contribution in [0.4, 0.5) is 11.5 Å². The lowest BCUT2D eigenvalue weighted by molar-refractivity contribution is -0.388. The molecule has 0 unspecified atom stereocenters. The Morgan fingerprint density at radius 1 is 1.75 bits per heavy atom. The molecule has 0 radical (unpaired) electrons. The van der Waals surface area contributed by atoms with Crippen molar-refractivity contribution in [1.82, 2.24) is 10.2 Å². The van der Waals surface area contributed by atoms with Crippen molar-refractivity contribution in [1.29, 1.82) is 0 Å². The summed E-state index contributed by atoms with van der Waals surface area (Å²) in [4.78, 5) is 22.7. The van der Waals surface area contributed by atoms with E-state index in [0.717, 1.165) is 0 Å². The van der Waals surface area contributed by atoms with Crippen molar-refractivity contribution in [2.24, 2.45) is 0 Å². The second kappa shape index (κ2) is 5.10. The van der Waals surface area contributed by atoms with E-state index >= 15 is 0 Å². The maximum atomic E-state index is 11.1. The van der Waals surface area contributed by atoms with Crippen molar-refractivity contribution in [3.63, 3.8) is 0 Å². The molecule has 0 saturated heterocycles. The Balaban J connectivity index is 2.90. The normalized spacial score (nSPS) is 9.88. The van der Waals surface area contributed by atoms with Gasteiger partial charge in [-0.1, -0.05) is 5.10 Å². The predicted molar refractivity (Wildman–Crippen MR) is 55.1 cm³/mol. The number of nitrogens with one attached hydrogen (secondary N) is 1. The third-order valence-corrected chi connectivity index (χ3v) is 2.05. The van der Waals surface area contributed by atoms with Crippen LogP contribution < -0.4 is 4.90 Å². The van der Waals surface area contributed by atoms with Crippen LogP contribution in [0.15, 0.2) is 6.20 Å². The molecule has 0 spiro atoms. The van der Waals surface area contributed by atoms with Gasteiger partial charge in [-0.25, -0.2) is 0 Å². The first-order chi connectivity index (χ1) is 7.60. The van der Waals surface area contributed by atoms with Gasteiger partial charge in [-0.3, -0.25) is 4.79 Å². The maximum Gasteiger partial charge on any atom is 0.366 e. The second-order valence-corrected chi connectivity index (χ2v) is 2.95. The van der Waals surface area contributed by atoms with E-state index < -0.39 is 10.9 Å². The minimum absolute atomic E-state index is 0.0482. The van der Waals surface area contributed by atoms with Crippen molar-refractivity contribution >= 4 is 17.5 Å². The zero-order valence-electron chi connectivity index (χ0n) is 8.97. The fourth-order valence-corrected chi connectivity index (χ4v) is 1.23. The van der Waals surface area contributed by atoms with Crippen LogP contribution in [0, 0.1) is 10.1 Å². The number of carbonyl (C=O) groups is 1. The largest absolute Gasteiger partial charge is 0.468 e. The molecule has 0 aliphatic heterocycles. The Bertz CT molecular complexity index is 389. The Morgan fingerprint density at radius 2 is 2.44 bits per heavy atom. The number of aromatic nitrogens is 2. The fourth-order valence-electron chi connectivity index (χ4n) is 1.23. The molecule has 0 atom stereocenters.